The number of hydrogen-bond acceptors (Lipinski definition) is 3. The highest BCUT2D eigenvalue weighted by molar-refractivity contribution is 5.79. The van der Waals surface area contributed by atoms with Gasteiger partial charge in [0.1, 0.15) is 5.82 Å². The van der Waals surface area contributed by atoms with E-state index in [0.717, 1.165) is 12.2 Å². The maximum Gasteiger partial charge on any atom is 0.317 e. The summed E-state index contributed by atoms with van der Waals surface area (Å²) in [5, 5.41) is 12.2. The second-order valence-corrected chi connectivity index (χ2v) is 5.62. The van der Waals surface area contributed by atoms with Crippen LogP contribution >= 0.6 is 0 Å². The summed E-state index contributed by atoms with van der Waals surface area (Å²) in [6, 6.07) is -0.225. The Bertz CT molecular complexity index is 528. The van der Waals surface area contributed by atoms with E-state index in [9.17, 15) is 14.7 Å². The zero-order valence-electron chi connectivity index (χ0n) is 12.5. The number of carboxylic acids is 1. The van der Waals surface area contributed by atoms with Gasteiger partial charge in [-0.1, -0.05) is 13.3 Å². The highest BCUT2D eigenvalue weighted by Crippen LogP contribution is 2.35. The normalized spacial score (nSPS) is 21.5. The van der Waals surface area contributed by atoms with Crippen molar-refractivity contribution in [3.8, 4) is 0 Å². The Hall–Kier alpha value is -2.05. The first-order valence-electron chi connectivity index (χ1n) is 7.21. The van der Waals surface area contributed by atoms with Gasteiger partial charge in [-0.3, -0.25) is 4.79 Å². The minimum atomic E-state index is -0.802. The average molecular weight is 294 g/mol. The Morgan fingerprint density at radius 2 is 2.29 bits per heavy atom. The van der Waals surface area contributed by atoms with Gasteiger partial charge in [-0.15, -0.1) is 0 Å². The Labute approximate surface area is 124 Å². The lowest BCUT2D eigenvalue weighted by atomic mass is 9.83. The number of carboxylic acid groups (broad SMARTS) is 1. The van der Waals surface area contributed by atoms with Crippen LogP contribution in [0.4, 0.5) is 4.79 Å². The van der Waals surface area contributed by atoms with Crippen LogP contribution in [-0.4, -0.2) is 44.6 Å². The van der Waals surface area contributed by atoms with Gasteiger partial charge < -0.3 is 19.9 Å². The van der Waals surface area contributed by atoms with E-state index in [2.05, 4.69) is 10.3 Å². The summed E-state index contributed by atoms with van der Waals surface area (Å²) in [6.45, 7) is 3.07. The SMILES string of the molecule is CCCC1(C(=O)O)CCN(C(=O)NCc2nccn2C)C1. The number of likely N-dealkylation sites (tertiary alicyclic amines) is 1. The van der Waals surface area contributed by atoms with E-state index in [1.807, 2.05) is 24.7 Å². The number of nitrogens with one attached hydrogen (secondary N) is 1. The summed E-state index contributed by atoms with van der Waals surface area (Å²) < 4.78 is 1.84. The summed E-state index contributed by atoms with van der Waals surface area (Å²) in [4.78, 5) is 29.4. The first-order valence-corrected chi connectivity index (χ1v) is 7.21. The number of hydrogen-bond donors (Lipinski definition) is 2. The molecule has 2 amide bonds. The van der Waals surface area contributed by atoms with E-state index in [0.29, 0.717) is 25.9 Å². The number of nitrogens with zero attached hydrogens (tertiary/aromatic N) is 3. The fourth-order valence-corrected chi connectivity index (χ4v) is 2.84. The van der Waals surface area contributed by atoms with Crippen molar-refractivity contribution in [2.24, 2.45) is 12.5 Å². The lowest BCUT2D eigenvalue weighted by Gasteiger charge is -2.24. The van der Waals surface area contributed by atoms with E-state index in [1.54, 1.807) is 11.1 Å². The van der Waals surface area contributed by atoms with Gasteiger partial charge in [0.05, 0.1) is 12.0 Å². The number of aromatic nitrogens is 2. The largest absolute Gasteiger partial charge is 0.481 e. The molecule has 1 aliphatic rings. The molecule has 1 unspecified atom stereocenters. The van der Waals surface area contributed by atoms with Gasteiger partial charge in [0.2, 0.25) is 0 Å². The molecule has 21 heavy (non-hydrogen) atoms. The summed E-state index contributed by atoms with van der Waals surface area (Å²) in [6.07, 6.45) is 5.41. The zero-order valence-corrected chi connectivity index (χ0v) is 12.5. The van der Waals surface area contributed by atoms with Crippen molar-refractivity contribution in [2.75, 3.05) is 13.1 Å². The Balaban J connectivity index is 1.92. The van der Waals surface area contributed by atoms with Crippen molar-refractivity contribution in [2.45, 2.75) is 32.7 Å². The summed E-state index contributed by atoms with van der Waals surface area (Å²) in [5.74, 6) is -0.0376. The molecular weight excluding hydrogens is 272 g/mol. The molecule has 0 saturated carbocycles. The summed E-state index contributed by atoms with van der Waals surface area (Å²) in [5.41, 5.74) is -0.782. The molecule has 2 rings (SSSR count). The van der Waals surface area contributed by atoms with Gasteiger partial charge in [-0.05, 0) is 12.8 Å². The van der Waals surface area contributed by atoms with Crippen LogP contribution in [0.5, 0.6) is 0 Å². The quantitative estimate of drug-likeness (QED) is 0.854. The third-order valence-electron chi connectivity index (χ3n) is 4.14. The van der Waals surface area contributed by atoms with Crippen LogP contribution in [0.3, 0.4) is 0 Å². The van der Waals surface area contributed by atoms with Crippen molar-refractivity contribution in [3.63, 3.8) is 0 Å². The van der Waals surface area contributed by atoms with E-state index in [1.165, 1.54) is 0 Å². The molecule has 1 aliphatic heterocycles. The maximum absolute atomic E-state index is 12.2. The number of amides is 2. The standard InChI is InChI=1S/C14H22N4O3/c1-3-4-14(12(19)20)5-7-18(10-14)13(21)16-9-11-15-6-8-17(11)2/h6,8H,3-5,7,9-10H2,1-2H3,(H,16,21)(H,19,20). The smallest absolute Gasteiger partial charge is 0.317 e. The molecule has 0 spiro atoms. The first-order chi connectivity index (χ1) is 9.98. The van der Waals surface area contributed by atoms with Gasteiger partial charge in [-0.25, -0.2) is 9.78 Å². The topological polar surface area (TPSA) is 87.5 Å². The molecule has 1 fully saturated rings. The Morgan fingerprint density at radius 1 is 1.52 bits per heavy atom. The molecule has 1 aromatic rings. The van der Waals surface area contributed by atoms with E-state index < -0.39 is 11.4 Å². The molecule has 1 aromatic heterocycles. The number of imidazole rings is 1. The molecule has 0 radical (unpaired) electrons. The van der Waals surface area contributed by atoms with Gasteiger partial charge in [0.15, 0.2) is 0 Å². The summed E-state index contributed by atoms with van der Waals surface area (Å²) >= 11 is 0. The third kappa shape index (κ3) is 3.17. The maximum atomic E-state index is 12.2. The monoisotopic (exact) mass is 294 g/mol. The van der Waals surface area contributed by atoms with Gasteiger partial charge in [0.25, 0.3) is 0 Å². The molecule has 0 bridgehead atoms. The number of carbonyl (C=O) groups is 2. The number of carbonyl (C=O) groups excluding carboxylic acids is 1. The van der Waals surface area contributed by atoms with Crippen LogP contribution in [0.15, 0.2) is 12.4 Å². The van der Waals surface area contributed by atoms with Crippen molar-refractivity contribution in [1.82, 2.24) is 19.8 Å². The fraction of sp³-hybridized carbons (Fsp3) is 0.643. The van der Waals surface area contributed by atoms with Gasteiger partial charge in [0, 0.05) is 32.5 Å². The minimum Gasteiger partial charge on any atom is -0.481 e. The van der Waals surface area contributed by atoms with Crippen LogP contribution in [-0.2, 0) is 18.4 Å². The molecule has 0 aromatic carbocycles. The third-order valence-corrected chi connectivity index (χ3v) is 4.14. The molecule has 0 aliphatic carbocycles. The van der Waals surface area contributed by atoms with Crippen LogP contribution in [0, 0.1) is 5.41 Å². The molecule has 116 valence electrons. The Morgan fingerprint density at radius 3 is 2.86 bits per heavy atom. The van der Waals surface area contributed by atoms with E-state index >= 15 is 0 Å². The summed E-state index contributed by atoms with van der Waals surface area (Å²) in [7, 11) is 1.86. The van der Waals surface area contributed by atoms with Gasteiger partial charge in [-0.2, -0.15) is 0 Å². The number of aryl methyl sites for hydroxylation is 1. The van der Waals surface area contributed by atoms with Crippen LogP contribution < -0.4 is 5.32 Å². The number of aliphatic carboxylic acids is 1. The van der Waals surface area contributed by atoms with Gasteiger partial charge >= 0.3 is 12.0 Å². The highest BCUT2D eigenvalue weighted by Gasteiger charge is 2.45. The number of rotatable bonds is 5. The Kier molecular flexibility index (Phi) is 4.50. The van der Waals surface area contributed by atoms with Crippen molar-refractivity contribution in [1.29, 1.82) is 0 Å². The molecule has 7 nitrogen and oxygen atoms in total. The second kappa shape index (κ2) is 6.15. The number of urea groups is 1. The van der Waals surface area contributed by atoms with E-state index in [-0.39, 0.29) is 12.6 Å². The lowest BCUT2D eigenvalue weighted by Crippen LogP contribution is -2.41. The molecule has 2 heterocycles. The zero-order chi connectivity index (χ0) is 15.5. The van der Waals surface area contributed by atoms with E-state index in [4.69, 9.17) is 0 Å². The second-order valence-electron chi connectivity index (χ2n) is 5.62. The molecule has 7 heteroatoms. The molecule has 1 saturated heterocycles. The van der Waals surface area contributed by atoms with Crippen LogP contribution in [0.2, 0.25) is 0 Å². The first kappa shape index (κ1) is 15.3. The highest BCUT2D eigenvalue weighted by atomic mass is 16.4. The van der Waals surface area contributed by atoms with Crippen LogP contribution in [0.25, 0.3) is 0 Å². The molecule has 1 atom stereocenters. The molecule has 2 N–H and O–H groups in total. The lowest BCUT2D eigenvalue weighted by molar-refractivity contribution is -0.148. The van der Waals surface area contributed by atoms with Crippen molar-refractivity contribution in [3.05, 3.63) is 18.2 Å². The van der Waals surface area contributed by atoms with Crippen molar-refractivity contribution < 1.29 is 14.7 Å². The predicted molar refractivity (Wildman–Crippen MR) is 76.6 cm³/mol. The molecular formula is C14H22N4O3. The predicted octanol–water partition coefficient (Wildman–Crippen LogP) is 1.21. The van der Waals surface area contributed by atoms with Crippen LogP contribution in [0.1, 0.15) is 32.0 Å². The fourth-order valence-electron chi connectivity index (χ4n) is 2.84. The average Bonchev–Trinajstić information content (AvgIpc) is 3.04. The van der Waals surface area contributed by atoms with Crippen molar-refractivity contribution >= 4 is 12.0 Å². The minimum absolute atomic E-state index is 0.225.